The van der Waals surface area contributed by atoms with Crippen LogP contribution < -0.4 is 0 Å². The minimum absolute atomic E-state index is 0.0313. The number of likely N-dealkylation sites (tertiary alicyclic amines) is 1. The minimum atomic E-state index is -0.615. The maximum atomic E-state index is 11.6. The molecule has 1 unspecified atom stereocenters. The van der Waals surface area contributed by atoms with Crippen LogP contribution in [0.5, 0.6) is 0 Å². The van der Waals surface area contributed by atoms with Crippen molar-refractivity contribution in [1.82, 2.24) is 4.90 Å². The van der Waals surface area contributed by atoms with Crippen LogP contribution in [-0.4, -0.2) is 37.0 Å². The largest absolute Gasteiger partial charge is 0.469 e. The van der Waals surface area contributed by atoms with E-state index in [0.717, 1.165) is 32.2 Å². The normalized spacial score (nSPS) is 22.3. The van der Waals surface area contributed by atoms with Crippen LogP contribution in [0.3, 0.4) is 0 Å². The first-order valence-corrected chi connectivity index (χ1v) is 5.33. The molecule has 1 fully saturated rings. The molecule has 0 aromatic heterocycles. The number of ether oxygens (including phenoxy) is 1. The number of carbonyl (C=O) groups excluding carboxylic acids is 2. The van der Waals surface area contributed by atoms with Crippen LogP contribution in [-0.2, 0) is 14.3 Å². The van der Waals surface area contributed by atoms with E-state index in [9.17, 15) is 9.59 Å². The Kier molecular flexibility index (Phi) is 3.72. The molecule has 0 radical (unpaired) electrons. The third-order valence-electron chi connectivity index (χ3n) is 3.22. The maximum absolute atomic E-state index is 11.6. The van der Waals surface area contributed by atoms with Crippen molar-refractivity contribution in [1.29, 1.82) is 0 Å². The minimum Gasteiger partial charge on any atom is -0.469 e. The summed E-state index contributed by atoms with van der Waals surface area (Å²) < 4.78 is 4.78. The SMILES string of the molecule is COC(=O)C(C)(C)C1CCCCN1C=O. The van der Waals surface area contributed by atoms with Crippen LogP contribution in [0.1, 0.15) is 33.1 Å². The predicted octanol–water partition coefficient (Wildman–Crippen LogP) is 1.20. The number of rotatable bonds is 3. The molecule has 0 aromatic rings. The Morgan fingerprint density at radius 2 is 2.13 bits per heavy atom. The molecular weight excluding hydrogens is 194 g/mol. The highest BCUT2D eigenvalue weighted by atomic mass is 16.5. The average Bonchev–Trinajstić information content (AvgIpc) is 2.27. The van der Waals surface area contributed by atoms with Gasteiger partial charge in [0.1, 0.15) is 0 Å². The van der Waals surface area contributed by atoms with E-state index >= 15 is 0 Å². The Morgan fingerprint density at radius 1 is 1.47 bits per heavy atom. The van der Waals surface area contributed by atoms with Crippen molar-refractivity contribution in [3.63, 3.8) is 0 Å². The number of esters is 1. The molecule has 1 saturated heterocycles. The van der Waals surface area contributed by atoms with Gasteiger partial charge < -0.3 is 9.64 Å². The fraction of sp³-hybridized carbons (Fsp3) is 0.818. The first-order valence-electron chi connectivity index (χ1n) is 5.33. The van der Waals surface area contributed by atoms with Crippen LogP contribution >= 0.6 is 0 Å². The van der Waals surface area contributed by atoms with E-state index in [-0.39, 0.29) is 12.0 Å². The van der Waals surface area contributed by atoms with Crippen LogP contribution in [0.4, 0.5) is 0 Å². The van der Waals surface area contributed by atoms with E-state index in [2.05, 4.69) is 0 Å². The van der Waals surface area contributed by atoms with Gasteiger partial charge >= 0.3 is 5.97 Å². The number of methoxy groups -OCH3 is 1. The summed E-state index contributed by atoms with van der Waals surface area (Å²) in [5.74, 6) is -0.249. The van der Waals surface area contributed by atoms with Gasteiger partial charge in [0.15, 0.2) is 0 Å². The molecule has 0 aliphatic carbocycles. The average molecular weight is 213 g/mol. The molecular formula is C11H19NO3. The summed E-state index contributed by atoms with van der Waals surface area (Å²) >= 11 is 0. The summed E-state index contributed by atoms with van der Waals surface area (Å²) in [4.78, 5) is 24.3. The van der Waals surface area contributed by atoms with Crippen LogP contribution in [0, 0.1) is 5.41 Å². The van der Waals surface area contributed by atoms with Crippen LogP contribution in [0.25, 0.3) is 0 Å². The highest BCUT2D eigenvalue weighted by Crippen LogP contribution is 2.32. The molecule has 1 atom stereocenters. The Labute approximate surface area is 90.6 Å². The molecule has 0 N–H and O–H groups in total. The van der Waals surface area contributed by atoms with Crippen molar-refractivity contribution in [3.05, 3.63) is 0 Å². The number of hydrogen-bond acceptors (Lipinski definition) is 3. The molecule has 0 spiro atoms. The monoisotopic (exact) mass is 213 g/mol. The van der Waals surface area contributed by atoms with Gasteiger partial charge in [0, 0.05) is 12.6 Å². The summed E-state index contributed by atoms with van der Waals surface area (Å²) in [6, 6.07) is -0.0313. The smallest absolute Gasteiger partial charge is 0.313 e. The van der Waals surface area contributed by atoms with Crippen molar-refractivity contribution < 1.29 is 14.3 Å². The van der Waals surface area contributed by atoms with Crippen molar-refractivity contribution in [2.45, 2.75) is 39.2 Å². The van der Waals surface area contributed by atoms with Gasteiger partial charge in [-0.15, -0.1) is 0 Å². The van der Waals surface area contributed by atoms with Crippen LogP contribution in [0.15, 0.2) is 0 Å². The van der Waals surface area contributed by atoms with Crippen LogP contribution in [0.2, 0.25) is 0 Å². The highest BCUT2D eigenvalue weighted by molar-refractivity contribution is 5.77. The fourth-order valence-corrected chi connectivity index (χ4v) is 2.25. The van der Waals surface area contributed by atoms with E-state index in [1.165, 1.54) is 7.11 Å². The Hall–Kier alpha value is -1.06. The summed E-state index contributed by atoms with van der Waals surface area (Å²) in [5, 5.41) is 0. The Bertz CT molecular complexity index is 250. The van der Waals surface area contributed by atoms with Gasteiger partial charge in [-0.2, -0.15) is 0 Å². The van der Waals surface area contributed by atoms with Gasteiger partial charge in [-0.1, -0.05) is 0 Å². The molecule has 86 valence electrons. The topological polar surface area (TPSA) is 46.6 Å². The second-order valence-corrected chi connectivity index (χ2v) is 4.57. The van der Waals surface area contributed by atoms with Gasteiger partial charge in [-0.25, -0.2) is 0 Å². The molecule has 1 heterocycles. The second-order valence-electron chi connectivity index (χ2n) is 4.57. The molecule has 0 saturated carbocycles. The first-order chi connectivity index (χ1) is 7.04. The summed E-state index contributed by atoms with van der Waals surface area (Å²) in [6.45, 7) is 4.42. The van der Waals surface area contributed by atoms with E-state index < -0.39 is 5.41 Å². The van der Waals surface area contributed by atoms with Crippen molar-refractivity contribution >= 4 is 12.4 Å². The molecule has 1 aliphatic heterocycles. The Morgan fingerprint density at radius 3 is 2.67 bits per heavy atom. The lowest BCUT2D eigenvalue weighted by Crippen LogP contribution is -2.51. The van der Waals surface area contributed by atoms with Gasteiger partial charge in [-0.3, -0.25) is 9.59 Å². The van der Waals surface area contributed by atoms with E-state index in [1.807, 2.05) is 13.8 Å². The number of hydrogen-bond donors (Lipinski definition) is 0. The van der Waals surface area contributed by atoms with Gasteiger partial charge in [0.25, 0.3) is 0 Å². The fourth-order valence-electron chi connectivity index (χ4n) is 2.25. The molecule has 0 aromatic carbocycles. The lowest BCUT2D eigenvalue weighted by atomic mass is 9.79. The number of amides is 1. The summed E-state index contributed by atoms with van der Waals surface area (Å²) in [7, 11) is 1.39. The molecule has 1 aliphatic rings. The Balaban J connectivity index is 2.82. The molecule has 0 bridgehead atoms. The molecule has 4 heteroatoms. The molecule has 1 amide bonds. The lowest BCUT2D eigenvalue weighted by molar-refractivity contribution is -0.156. The zero-order valence-electron chi connectivity index (χ0n) is 9.66. The first kappa shape index (κ1) is 12.0. The van der Waals surface area contributed by atoms with Gasteiger partial charge in [-0.05, 0) is 33.1 Å². The predicted molar refractivity (Wildman–Crippen MR) is 56.2 cm³/mol. The second kappa shape index (κ2) is 4.64. The number of piperidine rings is 1. The zero-order valence-corrected chi connectivity index (χ0v) is 9.66. The standard InChI is InChI=1S/C11H19NO3/c1-11(2,10(14)15-3)9-6-4-5-7-12(9)8-13/h8-9H,4-7H2,1-3H3. The van der Waals surface area contributed by atoms with Crippen molar-refractivity contribution in [2.24, 2.45) is 5.41 Å². The van der Waals surface area contributed by atoms with Gasteiger partial charge in [0.2, 0.25) is 6.41 Å². The van der Waals surface area contributed by atoms with Crippen molar-refractivity contribution in [3.8, 4) is 0 Å². The third kappa shape index (κ3) is 2.30. The summed E-state index contributed by atoms with van der Waals surface area (Å²) in [5.41, 5.74) is -0.615. The van der Waals surface area contributed by atoms with E-state index in [4.69, 9.17) is 4.74 Å². The quantitative estimate of drug-likeness (QED) is 0.522. The summed E-state index contributed by atoms with van der Waals surface area (Å²) in [6.07, 6.45) is 3.80. The zero-order chi connectivity index (χ0) is 11.5. The highest BCUT2D eigenvalue weighted by Gasteiger charge is 2.41. The lowest BCUT2D eigenvalue weighted by Gasteiger charge is -2.41. The van der Waals surface area contributed by atoms with Crippen molar-refractivity contribution in [2.75, 3.05) is 13.7 Å². The maximum Gasteiger partial charge on any atom is 0.313 e. The molecule has 4 nitrogen and oxygen atoms in total. The molecule has 15 heavy (non-hydrogen) atoms. The van der Waals surface area contributed by atoms with Gasteiger partial charge in [0.05, 0.1) is 12.5 Å². The number of nitrogens with zero attached hydrogens (tertiary/aromatic N) is 1. The van der Waals surface area contributed by atoms with E-state index in [0.29, 0.717) is 0 Å². The number of carbonyl (C=O) groups is 2. The van der Waals surface area contributed by atoms with E-state index in [1.54, 1.807) is 4.90 Å². The molecule has 1 rings (SSSR count). The third-order valence-corrected chi connectivity index (χ3v) is 3.22.